The van der Waals surface area contributed by atoms with E-state index in [1.807, 2.05) is 36.1 Å². The molecule has 3 heterocycles. The molecule has 3 amide bonds. The third kappa shape index (κ3) is 6.02. The number of nitrogens with zero attached hydrogens (tertiary/aromatic N) is 5. The number of ether oxygens (including phenoxy) is 1. The lowest BCUT2D eigenvalue weighted by Crippen LogP contribution is -2.54. The standard InChI is InChI=1S/C25H34N6O3/c1-3-26-25(33)31(17-21-5-4-16-34-21)18-24(32)30-14-12-29(13-15-30)23-11-10-22(27-28-23)20-8-6-19(2)7-9-20/h6-11,21H,3-5,12-18H2,1-2H3,(H,26,33)/t21-/m1/s1. The molecule has 0 saturated carbocycles. The van der Waals surface area contributed by atoms with Crippen molar-refractivity contribution in [3.05, 3.63) is 42.0 Å². The van der Waals surface area contributed by atoms with E-state index in [9.17, 15) is 9.59 Å². The van der Waals surface area contributed by atoms with Crippen molar-refractivity contribution >= 4 is 17.8 Å². The number of aryl methyl sites for hydroxylation is 1. The number of aromatic nitrogens is 2. The molecule has 0 radical (unpaired) electrons. The van der Waals surface area contributed by atoms with E-state index in [0.717, 1.165) is 36.5 Å². The Balaban J connectivity index is 1.30. The maximum atomic E-state index is 13.0. The van der Waals surface area contributed by atoms with Gasteiger partial charge in [-0.2, -0.15) is 0 Å². The number of rotatable bonds is 7. The molecular weight excluding hydrogens is 432 g/mol. The van der Waals surface area contributed by atoms with E-state index in [0.29, 0.717) is 39.3 Å². The van der Waals surface area contributed by atoms with Gasteiger partial charge in [0.15, 0.2) is 5.82 Å². The number of anilines is 1. The van der Waals surface area contributed by atoms with Gasteiger partial charge in [0.05, 0.1) is 11.8 Å². The highest BCUT2D eigenvalue weighted by molar-refractivity contribution is 5.84. The molecule has 34 heavy (non-hydrogen) atoms. The quantitative estimate of drug-likeness (QED) is 0.674. The van der Waals surface area contributed by atoms with Crippen molar-refractivity contribution in [3.63, 3.8) is 0 Å². The molecular formula is C25H34N6O3. The number of amides is 3. The summed E-state index contributed by atoms with van der Waals surface area (Å²) in [6, 6.07) is 12.0. The Morgan fingerprint density at radius 1 is 1.09 bits per heavy atom. The summed E-state index contributed by atoms with van der Waals surface area (Å²) in [5.74, 6) is 0.773. The second-order valence-electron chi connectivity index (χ2n) is 8.86. The molecule has 1 aromatic heterocycles. The first-order valence-corrected chi connectivity index (χ1v) is 12.1. The average molecular weight is 467 g/mol. The van der Waals surface area contributed by atoms with Crippen molar-refractivity contribution < 1.29 is 14.3 Å². The normalized spacial score (nSPS) is 18.1. The van der Waals surface area contributed by atoms with E-state index in [2.05, 4.69) is 39.5 Å². The molecule has 182 valence electrons. The van der Waals surface area contributed by atoms with E-state index in [1.54, 1.807) is 4.90 Å². The lowest BCUT2D eigenvalue weighted by Gasteiger charge is -2.36. The van der Waals surface area contributed by atoms with Crippen LogP contribution in [0.15, 0.2) is 36.4 Å². The zero-order valence-corrected chi connectivity index (χ0v) is 20.1. The molecule has 9 heteroatoms. The number of carbonyl (C=O) groups is 2. The predicted octanol–water partition coefficient (Wildman–Crippen LogP) is 2.31. The van der Waals surface area contributed by atoms with E-state index in [1.165, 1.54) is 5.56 Å². The van der Waals surface area contributed by atoms with Crippen molar-refractivity contribution in [3.8, 4) is 11.3 Å². The average Bonchev–Trinajstić information content (AvgIpc) is 3.38. The third-order valence-electron chi connectivity index (χ3n) is 6.34. The van der Waals surface area contributed by atoms with Gasteiger partial charge in [0, 0.05) is 51.4 Å². The Kier molecular flexibility index (Phi) is 7.95. The summed E-state index contributed by atoms with van der Waals surface area (Å²) < 4.78 is 5.68. The minimum atomic E-state index is -0.214. The van der Waals surface area contributed by atoms with Crippen LogP contribution in [0.2, 0.25) is 0 Å². The molecule has 4 rings (SSSR count). The van der Waals surface area contributed by atoms with Gasteiger partial charge in [-0.15, -0.1) is 10.2 Å². The summed E-state index contributed by atoms with van der Waals surface area (Å²) in [7, 11) is 0. The largest absolute Gasteiger partial charge is 0.376 e. The topological polar surface area (TPSA) is 90.9 Å². The van der Waals surface area contributed by atoms with Gasteiger partial charge in [-0.25, -0.2) is 4.79 Å². The molecule has 2 aromatic rings. The molecule has 0 bridgehead atoms. The Morgan fingerprint density at radius 3 is 2.47 bits per heavy atom. The van der Waals surface area contributed by atoms with Crippen LogP contribution in [-0.2, 0) is 9.53 Å². The number of hydrogen-bond acceptors (Lipinski definition) is 6. The number of carbonyl (C=O) groups excluding carboxylic acids is 2. The fourth-order valence-corrected chi connectivity index (χ4v) is 4.34. The van der Waals surface area contributed by atoms with E-state index in [4.69, 9.17) is 4.74 Å². The van der Waals surface area contributed by atoms with Gasteiger partial charge in [0.1, 0.15) is 6.54 Å². The van der Waals surface area contributed by atoms with Crippen LogP contribution in [0.25, 0.3) is 11.3 Å². The molecule has 0 spiro atoms. The Labute approximate surface area is 201 Å². The molecule has 0 aliphatic carbocycles. The molecule has 9 nitrogen and oxygen atoms in total. The number of benzene rings is 1. The second kappa shape index (κ2) is 11.3. The number of piperazine rings is 1. The highest BCUT2D eigenvalue weighted by Crippen LogP contribution is 2.20. The zero-order valence-electron chi connectivity index (χ0n) is 20.1. The summed E-state index contributed by atoms with van der Waals surface area (Å²) in [5, 5.41) is 11.6. The second-order valence-corrected chi connectivity index (χ2v) is 8.86. The van der Waals surface area contributed by atoms with E-state index < -0.39 is 0 Å². The van der Waals surface area contributed by atoms with Gasteiger partial charge in [-0.1, -0.05) is 29.8 Å². The monoisotopic (exact) mass is 466 g/mol. The minimum Gasteiger partial charge on any atom is -0.376 e. The zero-order chi connectivity index (χ0) is 23.9. The maximum absolute atomic E-state index is 13.0. The van der Waals surface area contributed by atoms with Crippen molar-refractivity contribution in [1.29, 1.82) is 0 Å². The van der Waals surface area contributed by atoms with E-state index >= 15 is 0 Å². The van der Waals surface area contributed by atoms with Crippen molar-refractivity contribution in [2.45, 2.75) is 32.8 Å². The number of urea groups is 1. The fraction of sp³-hybridized carbons (Fsp3) is 0.520. The molecule has 1 atom stereocenters. The molecule has 1 N–H and O–H groups in total. The van der Waals surface area contributed by atoms with Crippen LogP contribution in [0.4, 0.5) is 10.6 Å². The lowest BCUT2D eigenvalue weighted by molar-refractivity contribution is -0.132. The maximum Gasteiger partial charge on any atom is 0.317 e. The van der Waals surface area contributed by atoms with Crippen LogP contribution < -0.4 is 10.2 Å². The van der Waals surface area contributed by atoms with Crippen LogP contribution in [0.3, 0.4) is 0 Å². The Morgan fingerprint density at radius 2 is 1.85 bits per heavy atom. The molecule has 2 aliphatic rings. The first kappa shape index (κ1) is 23.9. The Hall–Kier alpha value is -3.20. The van der Waals surface area contributed by atoms with Crippen LogP contribution >= 0.6 is 0 Å². The van der Waals surface area contributed by atoms with Crippen molar-refractivity contribution in [1.82, 2.24) is 25.3 Å². The highest BCUT2D eigenvalue weighted by Gasteiger charge is 2.28. The van der Waals surface area contributed by atoms with Crippen LogP contribution in [0, 0.1) is 6.92 Å². The SMILES string of the molecule is CCNC(=O)N(CC(=O)N1CCN(c2ccc(-c3ccc(C)cc3)nn2)CC1)C[C@H]1CCCO1. The molecule has 2 fully saturated rings. The summed E-state index contributed by atoms with van der Waals surface area (Å²) in [6.45, 7) is 8.22. The summed E-state index contributed by atoms with van der Waals surface area (Å²) in [6.07, 6.45) is 1.93. The summed E-state index contributed by atoms with van der Waals surface area (Å²) in [5.41, 5.74) is 3.09. The van der Waals surface area contributed by atoms with Gasteiger partial charge in [-0.3, -0.25) is 4.79 Å². The van der Waals surface area contributed by atoms with Crippen LogP contribution in [0.5, 0.6) is 0 Å². The first-order valence-electron chi connectivity index (χ1n) is 12.1. The predicted molar refractivity (Wildman–Crippen MR) is 131 cm³/mol. The number of nitrogens with one attached hydrogen (secondary N) is 1. The molecule has 2 aliphatic heterocycles. The van der Waals surface area contributed by atoms with Gasteiger partial charge in [0.25, 0.3) is 0 Å². The van der Waals surface area contributed by atoms with Gasteiger partial charge in [0.2, 0.25) is 5.91 Å². The Bertz CT molecular complexity index is 952. The molecule has 0 unspecified atom stereocenters. The van der Waals surface area contributed by atoms with Crippen LogP contribution in [0.1, 0.15) is 25.3 Å². The summed E-state index contributed by atoms with van der Waals surface area (Å²) >= 11 is 0. The molecule has 2 saturated heterocycles. The third-order valence-corrected chi connectivity index (χ3v) is 6.34. The van der Waals surface area contributed by atoms with E-state index in [-0.39, 0.29) is 24.6 Å². The van der Waals surface area contributed by atoms with Crippen molar-refractivity contribution in [2.24, 2.45) is 0 Å². The van der Waals surface area contributed by atoms with Gasteiger partial charge in [-0.05, 0) is 38.8 Å². The first-order chi connectivity index (χ1) is 16.5. The smallest absolute Gasteiger partial charge is 0.317 e. The summed E-state index contributed by atoms with van der Waals surface area (Å²) in [4.78, 5) is 31.0. The minimum absolute atomic E-state index is 0.00806. The molecule has 1 aromatic carbocycles. The lowest BCUT2D eigenvalue weighted by atomic mass is 10.1. The van der Waals surface area contributed by atoms with Crippen molar-refractivity contribution in [2.75, 3.05) is 57.3 Å². The highest BCUT2D eigenvalue weighted by atomic mass is 16.5. The van der Waals surface area contributed by atoms with Crippen LogP contribution in [-0.4, -0.2) is 90.5 Å². The van der Waals surface area contributed by atoms with Gasteiger partial charge < -0.3 is 24.8 Å². The fourth-order valence-electron chi connectivity index (χ4n) is 4.34. The van der Waals surface area contributed by atoms with Gasteiger partial charge >= 0.3 is 6.03 Å². The number of hydrogen-bond donors (Lipinski definition) is 1.